The van der Waals surface area contributed by atoms with Gasteiger partial charge in [0.05, 0.1) is 13.0 Å². The van der Waals surface area contributed by atoms with Gasteiger partial charge in [-0.15, -0.1) is 0 Å². The smallest absolute Gasteiger partial charge is 0.313 e. The number of allylic oxidation sites excluding steroid dienone is 1. The largest absolute Gasteiger partial charge is 0.469 e. The summed E-state index contributed by atoms with van der Waals surface area (Å²) in [5.41, 5.74) is 0.895. The Bertz CT molecular complexity index is 346. The fourth-order valence-corrected chi connectivity index (χ4v) is 1.54. The molecule has 0 aromatic heterocycles. The van der Waals surface area contributed by atoms with Crippen molar-refractivity contribution in [1.82, 2.24) is 0 Å². The molecule has 2 nitrogen and oxygen atoms in total. The third-order valence-electron chi connectivity index (χ3n) is 2.11. The number of benzene rings is 1. The van der Waals surface area contributed by atoms with E-state index >= 15 is 0 Å². The Balaban J connectivity index is 2.91. The first-order chi connectivity index (χ1) is 7.15. The van der Waals surface area contributed by atoms with Gasteiger partial charge in [0.15, 0.2) is 0 Å². The average molecular weight is 225 g/mol. The maximum Gasteiger partial charge on any atom is 0.313 e. The van der Waals surface area contributed by atoms with Gasteiger partial charge in [-0.2, -0.15) is 0 Å². The highest BCUT2D eigenvalue weighted by Gasteiger charge is 2.21. The average Bonchev–Trinajstić information content (AvgIpc) is 2.26. The first kappa shape index (κ1) is 11.8. The number of carbonyl (C=O) groups excluding carboxylic acids is 1. The van der Waals surface area contributed by atoms with Gasteiger partial charge in [-0.05, 0) is 12.0 Å². The molecule has 1 rings (SSSR count). The Morgan fingerprint density at radius 3 is 2.53 bits per heavy atom. The van der Waals surface area contributed by atoms with Crippen LogP contribution in [0.3, 0.4) is 0 Å². The van der Waals surface area contributed by atoms with Crippen molar-refractivity contribution in [3.05, 3.63) is 47.5 Å². The van der Waals surface area contributed by atoms with Gasteiger partial charge in [0, 0.05) is 5.03 Å². The predicted octanol–water partition coefficient (Wildman–Crippen LogP) is 3.09. The lowest BCUT2D eigenvalue weighted by atomic mass is 9.96. The third kappa shape index (κ3) is 3.40. The molecule has 0 bridgehead atoms. The number of halogens is 1. The number of ether oxygens (including phenoxy) is 1. The van der Waals surface area contributed by atoms with Crippen LogP contribution < -0.4 is 0 Å². The molecule has 0 saturated heterocycles. The summed E-state index contributed by atoms with van der Waals surface area (Å²) >= 11 is 5.72. The monoisotopic (exact) mass is 224 g/mol. The van der Waals surface area contributed by atoms with E-state index < -0.39 is 0 Å². The normalized spacial score (nSPS) is 11.9. The van der Waals surface area contributed by atoms with Crippen LogP contribution in [-0.2, 0) is 9.53 Å². The molecule has 1 atom stereocenters. The molecule has 0 spiro atoms. The van der Waals surface area contributed by atoms with Crippen LogP contribution in [0.1, 0.15) is 17.9 Å². The summed E-state index contributed by atoms with van der Waals surface area (Å²) in [6.07, 6.45) is 0.401. The highest BCUT2D eigenvalue weighted by molar-refractivity contribution is 6.29. The van der Waals surface area contributed by atoms with Crippen molar-refractivity contribution >= 4 is 17.6 Å². The van der Waals surface area contributed by atoms with Crippen LogP contribution in [0.25, 0.3) is 0 Å². The number of hydrogen-bond donors (Lipinski definition) is 0. The molecule has 0 aliphatic rings. The molecule has 0 saturated carbocycles. The van der Waals surface area contributed by atoms with E-state index in [1.807, 2.05) is 30.3 Å². The Morgan fingerprint density at radius 2 is 2.07 bits per heavy atom. The summed E-state index contributed by atoms with van der Waals surface area (Å²) in [6.45, 7) is 3.59. The third-order valence-corrected chi connectivity index (χ3v) is 2.27. The Labute approximate surface area is 94.5 Å². The van der Waals surface area contributed by atoms with E-state index in [2.05, 4.69) is 6.58 Å². The molecule has 0 heterocycles. The maximum atomic E-state index is 11.5. The van der Waals surface area contributed by atoms with Crippen molar-refractivity contribution in [2.24, 2.45) is 0 Å². The number of esters is 1. The lowest BCUT2D eigenvalue weighted by Crippen LogP contribution is -2.14. The first-order valence-corrected chi connectivity index (χ1v) is 4.99. The van der Waals surface area contributed by atoms with E-state index in [-0.39, 0.29) is 11.9 Å². The van der Waals surface area contributed by atoms with E-state index in [0.717, 1.165) is 5.56 Å². The number of hydrogen-bond acceptors (Lipinski definition) is 2. The van der Waals surface area contributed by atoms with Gasteiger partial charge in [-0.1, -0.05) is 48.5 Å². The molecular weight excluding hydrogens is 212 g/mol. The van der Waals surface area contributed by atoms with Crippen LogP contribution >= 0.6 is 11.6 Å². The molecular formula is C12H13ClO2. The second-order valence-electron chi connectivity index (χ2n) is 3.21. The fraction of sp³-hybridized carbons (Fsp3) is 0.250. The van der Waals surface area contributed by atoms with Gasteiger partial charge in [0.25, 0.3) is 0 Å². The summed E-state index contributed by atoms with van der Waals surface area (Å²) < 4.78 is 4.73. The Kier molecular flexibility index (Phi) is 4.37. The van der Waals surface area contributed by atoms with Gasteiger partial charge >= 0.3 is 5.97 Å². The molecule has 15 heavy (non-hydrogen) atoms. The standard InChI is InChI=1S/C12H13ClO2/c1-9(13)8-11(12(14)15-2)10-6-4-3-5-7-10/h3-7,11H,1,8H2,2H3. The molecule has 1 aromatic carbocycles. The molecule has 0 amide bonds. The van der Waals surface area contributed by atoms with Crippen LogP contribution in [-0.4, -0.2) is 13.1 Å². The maximum absolute atomic E-state index is 11.5. The Hall–Kier alpha value is -1.28. The summed E-state index contributed by atoms with van der Waals surface area (Å²) in [7, 11) is 1.37. The lowest BCUT2D eigenvalue weighted by molar-refractivity contribution is -0.142. The van der Waals surface area contributed by atoms with Crippen LogP contribution in [0.5, 0.6) is 0 Å². The Morgan fingerprint density at radius 1 is 1.47 bits per heavy atom. The van der Waals surface area contributed by atoms with Gasteiger partial charge < -0.3 is 4.74 Å². The van der Waals surface area contributed by atoms with E-state index in [1.165, 1.54) is 7.11 Å². The number of methoxy groups -OCH3 is 1. The quantitative estimate of drug-likeness (QED) is 0.735. The molecule has 1 aromatic rings. The molecule has 80 valence electrons. The molecule has 0 fully saturated rings. The van der Waals surface area contributed by atoms with E-state index in [9.17, 15) is 4.79 Å². The van der Waals surface area contributed by atoms with Gasteiger partial charge in [0.2, 0.25) is 0 Å². The van der Waals surface area contributed by atoms with Gasteiger partial charge in [-0.25, -0.2) is 0 Å². The van der Waals surface area contributed by atoms with Crippen LogP contribution in [0.2, 0.25) is 0 Å². The zero-order chi connectivity index (χ0) is 11.3. The van der Waals surface area contributed by atoms with E-state index in [1.54, 1.807) is 0 Å². The number of rotatable bonds is 4. The summed E-state index contributed by atoms with van der Waals surface area (Å²) in [5, 5.41) is 0.453. The second-order valence-corrected chi connectivity index (χ2v) is 3.74. The van der Waals surface area contributed by atoms with Crippen molar-refractivity contribution in [2.45, 2.75) is 12.3 Å². The lowest BCUT2D eigenvalue weighted by Gasteiger charge is -2.13. The molecule has 1 unspecified atom stereocenters. The first-order valence-electron chi connectivity index (χ1n) is 4.61. The van der Waals surface area contributed by atoms with E-state index in [4.69, 9.17) is 16.3 Å². The molecule has 0 aliphatic heterocycles. The van der Waals surface area contributed by atoms with Gasteiger partial charge in [0.1, 0.15) is 0 Å². The highest BCUT2D eigenvalue weighted by Crippen LogP contribution is 2.25. The van der Waals surface area contributed by atoms with Crippen molar-refractivity contribution in [3.8, 4) is 0 Å². The SMILES string of the molecule is C=C(Cl)CC(C(=O)OC)c1ccccc1. The fourth-order valence-electron chi connectivity index (χ4n) is 1.39. The van der Waals surface area contributed by atoms with Crippen molar-refractivity contribution in [3.63, 3.8) is 0 Å². The molecule has 0 aliphatic carbocycles. The molecule has 0 radical (unpaired) electrons. The minimum absolute atomic E-state index is 0.289. The van der Waals surface area contributed by atoms with E-state index in [0.29, 0.717) is 11.5 Å². The van der Waals surface area contributed by atoms with Crippen molar-refractivity contribution in [1.29, 1.82) is 0 Å². The summed E-state index contributed by atoms with van der Waals surface area (Å²) in [5.74, 6) is -0.649. The second kappa shape index (κ2) is 5.56. The zero-order valence-corrected chi connectivity index (χ0v) is 9.33. The van der Waals surface area contributed by atoms with Crippen molar-refractivity contribution in [2.75, 3.05) is 7.11 Å². The van der Waals surface area contributed by atoms with Crippen LogP contribution in [0.4, 0.5) is 0 Å². The minimum Gasteiger partial charge on any atom is -0.469 e. The topological polar surface area (TPSA) is 26.3 Å². The van der Waals surface area contributed by atoms with Crippen molar-refractivity contribution < 1.29 is 9.53 Å². The summed E-state index contributed by atoms with van der Waals surface area (Å²) in [6, 6.07) is 9.40. The predicted molar refractivity (Wildman–Crippen MR) is 60.8 cm³/mol. The summed E-state index contributed by atoms with van der Waals surface area (Å²) in [4.78, 5) is 11.5. The van der Waals surface area contributed by atoms with Crippen LogP contribution in [0.15, 0.2) is 41.9 Å². The highest BCUT2D eigenvalue weighted by atomic mass is 35.5. The zero-order valence-electron chi connectivity index (χ0n) is 8.57. The van der Waals surface area contributed by atoms with Gasteiger partial charge in [-0.3, -0.25) is 4.79 Å². The molecule has 0 N–H and O–H groups in total. The van der Waals surface area contributed by atoms with Crippen LogP contribution in [0, 0.1) is 0 Å². The molecule has 3 heteroatoms. The minimum atomic E-state index is -0.360. The number of carbonyl (C=O) groups is 1.